The molecule has 1 fully saturated rings. The molecule has 0 aliphatic carbocycles. The molecule has 0 bridgehead atoms. The molecule has 2 heterocycles. The van der Waals surface area contributed by atoms with Gasteiger partial charge in [-0.05, 0) is 37.3 Å². The quantitative estimate of drug-likeness (QED) is 0.291. The number of thioether (sulfide) groups is 1. The molecule has 2 aliphatic rings. The minimum Gasteiger partial charge on any atom is -0.494 e. The first kappa shape index (κ1) is 25.8. The number of ether oxygens (including phenoxy) is 1. The zero-order valence-corrected chi connectivity index (χ0v) is 21.4. The van der Waals surface area contributed by atoms with E-state index in [1.807, 2.05) is 6.92 Å². The van der Waals surface area contributed by atoms with Crippen LogP contribution in [-0.4, -0.2) is 65.4 Å². The lowest BCUT2D eigenvalue weighted by atomic mass is 10.1. The second-order valence-electron chi connectivity index (χ2n) is 7.73. The van der Waals surface area contributed by atoms with Crippen molar-refractivity contribution in [3.8, 4) is 5.75 Å². The lowest BCUT2D eigenvalue weighted by molar-refractivity contribution is -0.122. The Kier molecular flexibility index (Phi) is 7.45. The van der Waals surface area contributed by atoms with Crippen molar-refractivity contribution in [1.29, 1.82) is 0 Å². The van der Waals surface area contributed by atoms with Gasteiger partial charge in [-0.15, -0.1) is 0 Å². The molecular formula is C23H21N3O7S3. The van der Waals surface area contributed by atoms with Crippen molar-refractivity contribution >= 4 is 73.1 Å². The molecule has 2 aromatic carbocycles. The minimum absolute atomic E-state index is 0.0437. The zero-order chi connectivity index (χ0) is 26.0. The van der Waals surface area contributed by atoms with E-state index in [1.54, 1.807) is 48.5 Å². The molecule has 0 aromatic heterocycles. The summed E-state index contributed by atoms with van der Waals surface area (Å²) in [5.41, 5.74) is 1.55. The smallest absolute Gasteiger partial charge is 0.267 e. The molecule has 2 aromatic rings. The number of nitrogens with zero attached hydrogens (tertiary/aromatic N) is 2. The van der Waals surface area contributed by atoms with Crippen LogP contribution in [0.4, 0.5) is 11.4 Å². The lowest BCUT2D eigenvalue weighted by Gasteiger charge is -2.17. The molecule has 2 N–H and O–H groups in total. The second-order valence-corrected chi connectivity index (χ2v) is 10.9. The van der Waals surface area contributed by atoms with Crippen molar-refractivity contribution in [2.45, 2.75) is 6.92 Å². The Labute approximate surface area is 217 Å². The summed E-state index contributed by atoms with van der Waals surface area (Å²) < 4.78 is 36.7. The summed E-state index contributed by atoms with van der Waals surface area (Å²) in [4.78, 5) is 41.6. The SMILES string of the molecule is CCOc1ccc(NC(=O)CN2C(=O)/C(=C3\SC(=S)N(CCS(=O)(=O)O)C3=O)c3ccccc32)cc1. The number of benzene rings is 2. The van der Waals surface area contributed by atoms with Crippen molar-refractivity contribution in [1.82, 2.24) is 4.90 Å². The first-order valence-electron chi connectivity index (χ1n) is 10.8. The van der Waals surface area contributed by atoms with Crippen LogP contribution in [-0.2, 0) is 24.5 Å². The van der Waals surface area contributed by atoms with E-state index in [-0.39, 0.29) is 27.9 Å². The monoisotopic (exact) mass is 547 g/mol. The molecule has 2 aliphatic heterocycles. The highest BCUT2D eigenvalue weighted by Gasteiger charge is 2.42. The number of carbonyl (C=O) groups is 3. The van der Waals surface area contributed by atoms with Gasteiger partial charge in [-0.3, -0.25) is 28.7 Å². The molecule has 4 rings (SSSR count). The van der Waals surface area contributed by atoms with Gasteiger partial charge in [0.1, 0.15) is 16.6 Å². The minimum atomic E-state index is -4.31. The van der Waals surface area contributed by atoms with Crippen LogP contribution in [0.25, 0.3) is 5.57 Å². The molecule has 10 nitrogen and oxygen atoms in total. The standard InChI is InChI=1S/C23H21N3O7S3/c1-2-33-15-9-7-14(8-10-15)24-18(27)13-26-17-6-4-3-5-16(17)19(21(26)28)20-22(29)25(23(34)35-20)11-12-36(30,31)32/h3-10H,2,11-13H2,1H3,(H,24,27)(H,30,31,32)/b20-19-. The second kappa shape index (κ2) is 10.4. The van der Waals surface area contributed by atoms with Crippen molar-refractivity contribution in [3.63, 3.8) is 0 Å². The van der Waals surface area contributed by atoms with Gasteiger partial charge in [0.15, 0.2) is 0 Å². The Morgan fingerprint density at radius 2 is 1.78 bits per heavy atom. The molecule has 3 amide bonds. The van der Waals surface area contributed by atoms with Crippen LogP contribution in [0.3, 0.4) is 0 Å². The van der Waals surface area contributed by atoms with Gasteiger partial charge in [0.05, 0.1) is 28.5 Å². The number of anilines is 2. The van der Waals surface area contributed by atoms with Gasteiger partial charge in [0, 0.05) is 17.8 Å². The highest BCUT2D eigenvalue weighted by atomic mass is 32.2. The molecule has 0 spiro atoms. The number of rotatable bonds is 8. The van der Waals surface area contributed by atoms with Gasteiger partial charge in [0.2, 0.25) is 5.91 Å². The van der Waals surface area contributed by atoms with Crippen LogP contribution in [0.5, 0.6) is 5.75 Å². The van der Waals surface area contributed by atoms with Gasteiger partial charge in [-0.2, -0.15) is 8.42 Å². The number of hydrogen-bond acceptors (Lipinski definition) is 8. The van der Waals surface area contributed by atoms with E-state index in [9.17, 15) is 22.8 Å². The molecule has 13 heteroatoms. The topological polar surface area (TPSA) is 133 Å². The third-order valence-electron chi connectivity index (χ3n) is 5.32. The number of nitrogens with one attached hydrogen (secondary N) is 1. The molecule has 0 unspecified atom stereocenters. The molecular weight excluding hydrogens is 526 g/mol. The van der Waals surface area contributed by atoms with Gasteiger partial charge in [-0.25, -0.2) is 0 Å². The molecule has 0 atom stereocenters. The fourth-order valence-corrected chi connectivity index (χ4v) is 5.54. The highest BCUT2D eigenvalue weighted by molar-refractivity contribution is 8.26. The maximum atomic E-state index is 13.4. The van der Waals surface area contributed by atoms with Gasteiger partial charge in [-0.1, -0.05) is 42.2 Å². The van der Waals surface area contributed by atoms with E-state index in [0.717, 1.165) is 16.7 Å². The van der Waals surface area contributed by atoms with E-state index in [1.165, 1.54) is 4.90 Å². The fraction of sp³-hybridized carbons (Fsp3) is 0.217. The number of carbonyl (C=O) groups excluding carboxylic acids is 3. The van der Waals surface area contributed by atoms with Gasteiger partial charge >= 0.3 is 0 Å². The van der Waals surface area contributed by atoms with Crippen molar-refractivity contribution in [3.05, 3.63) is 59.0 Å². The van der Waals surface area contributed by atoms with Crippen LogP contribution in [0.2, 0.25) is 0 Å². The van der Waals surface area contributed by atoms with E-state index >= 15 is 0 Å². The maximum Gasteiger partial charge on any atom is 0.267 e. The number of thiocarbonyl (C=S) groups is 1. The highest BCUT2D eigenvalue weighted by Crippen LogP contribution is 2.44. The van der Waals surface area contributed by atoms with Crippen molar-refractivity contribution in [2.75, 3.05) is 35.7 Å². The first-order chi connectivity index (χ1) is 17.1. The Hall–Kier alpha value is -3.26. The third kappa shape index (κ3) is 5.43. The average molecular weight is 548 g/mol. The van der Waals surface area contributed by atoms with Crippen LogP contribution in [0, 0.1) is 0 Å². The predicted molar refractivity (Wildman–Crippen MR) is 140 cm³/mol. The zero-order valence-electron chi connectivity index (χ0n) is 19.0. The molecule has 0 saturated carbocycles. The number of fused-ring (bicyclic) bond motifs is 1. The Morgan fingerprint density at radius 1 is 1.08 bits per heavy atom. The Balaban J connectivity index is 1.57. The fourth-order valence-electron chi connectivity index (χ4n) is 3.75. The third-order valence-corrected chi connectivity index (χ3v) is 7.47. The molecule has 1 saturated heterocycles. The first-order valence-corrected chi connectivity index (χ1v) is 13.6. The van der Waals surface area contributed by atoms with Gasteiger partial charge < -0.3 is 10.1 Å². The summed E-state index contributed by atoms with van der Waals surface area (Å²) in [6.07, 6.45) is 0. The average Bonchev–Trinajstić information content (AvgIpc) is 3.25. The summed E-state index contributed by atoms with van der Waals surface area (Å²) in [5.74, 6) is -1.65. The van der Waals surface area contributed by atoms with E-state index in [2.05, 4.69) is 5.32 Å². The maximum absolute atomic E-state index is 13.4. The summed E-state index contributed by atoms with van der Waals surface area (Å²) in [6, 6.07) is 13.6. The molecule has 188 valence electrons. The summed E-state index contributed by atoms with van der Waals surface area (Å²) in [6.45, 7) is 1.75. The summed E-state index contributed by atoms with van der Waals surface area (Å²) in [7, 11) is -4.31. The van der Waals surface area contributed by atoms with E-state index in [4.69, 9.17) is 21.5 Å². The van der Waals surface area contributed by atoms with Crippen LogP contribution >= 0.6 is 24.0 Å². The number of hydrogen-bond donors (Lipinski definition) is 2. The van der Waals surface area contributed by atoms with Crippen LogP contribution in [0.1, 0.15) is 12.5 Å². The Morgan fingerprint density at radius 3 is 2.44 bits per heavy atom. The summed E-state index contributed by atoms with van der Waals surface area (Å²) >= 11 is 6.09. The number of para-hydroxylation sites is 1. The molecule has 0 radical (unpaired) electrons. The Bertz CT molecular complexity index is 1390. The largest absolute Gasteiger partial charge is 0.494 e. The normalized spacial score (nSPS) is 17.6. The van der Waals surface area contributed by atoms with E-state index in [0.29, 0.717) is 29.3 Å². The van der Waals surface area contributed by atoms with E-state index < -0.39 is 33.6 Å². The van der Waals surface area contributed by atoms with Crippen molar-refractivity contribution < 1.29 is 32.1 Å². The lowest BCUT2D eigenvalue weighted by Crippen LogP contribution is -2.36. The van der Waals surface area contributed by atoms with Crippen LogP contribution < -0.4 is 15.0 Å². The van der Waals surface area contributed by atoms with Crippen molar-refractivity contribution in [2.24, 2.45) is 0 Å². The van der Waals surface area contributed by atoms with Crippen LogP contribution in [0.15, 0.2) is 53.4 Å². The molecule has 36 heavy (non-hydrogen) atoms. The predicted octanol–water partition coefficient (Wildman–Crippen LogP) is 2.53. The summed E-state index contributed by atoms with van der Waals surface area (Å²) in [5, 5.41) is 2.74. The number of amides is 3. The van der Waals surface area contributed by atoms with Gasteiger partial charge in [0.25, 0.3) is 21.9 Å².